The zero-order chi connectivity index (χ0) is 13.8. The normalized spacial score (nSPS) is 10.7. The maximum Gasteiger partial charge on any atom is 0.267 e. The fraction of sp³-hybridized carbons (Fsp3) is 0.429. The maximum absolute atomic E-state index is 12.2. The number of aromatic nitrogens is 2. The highest BCUT2D eigenvalue weighted by Crippen LogP contribution is 2.20. The van der Waals surface area contributed by atoms with Gasteiger partial charge in [-0.1, -0.05) is 13.3 Å². The van der Waals surface area contributed by atoms with Crippen LogP contribution in [0.2, 0.25) is 0 Å². The second-order valence-corrected chi connectivity index (χ2v) is 5.56. The Balaban J connectivity index is 2.16. The van der Waals surface area contributed by atoms with Crippen molar-refractivity contribution >= 4 is 23.1 Å². The van der Waals surface area contributed by atoms with E-state index in [0.717, 1.165) is 41.2 Å². The van der Waals surface area contributed by atoms with Crippen LogP contribution in [0.4, 0.5) is 5.82 Å². The number of thiophene rings is 1. The van der Waals surface area contributed by atoms with Crippen LogP contribution in [-0.2, 0) is 6.54 Å². The largest absolute Gasteiger partial charge is 0.306 e. The van der Waals surface area contributed by atoms with Crippen LogP contribution in [0.3, 0.4) is 0 Å². The number of anilines is 1. The summed E-state index contributed by atoms with van der Waals surface area (Å²) >= 11 is 1.47. The molecule has 0 spiro atoms. The molecular formula is C14H19N3OS. The molecule has 1 N–H and O–H groups in total. The van der Waals surface area contributed by atoms with E-state index in [1.807, 2.05) is 30.0 Å². The van der Waals surface area contributed by atoms with Gasteiger partial charge < -0.3 is 5.32 Å². The summed E-state index contributed by atoms with van der Waals surface area (Å²) in [5.74, 6) is 0.764. The van der Waals surface area contributed by atoms with Crippen molar-refractivity contribution in [3.63, 3.8) is 0 Å². The van der Waals surface area contributed by atoms with Crippen molar-refractivity contribution in [1.29, 1.82) is 0 Å². The summed E-state index contributed by atoms with van der Waals surface area (Å²) in [5.41, 5.74) is 2.01. The second-order valence-electron chi connectivity index (χ2n) is 4.64. The predicted molar refractivity (Wildman–Crippen MR) is 78.9 cm³/mol. The standard InChI is InChI=1S/C14H19N3OS/c1-4-5-7-17-13(11(3)9-15-17)16-14(18)12-10(2)6-8-19-12/h6,8-9H,4-5,7H2,1-3H3,(H,16,18). The molecule has 4 nitrogen and oxygen atoms in total. The first kappa shape index (κ1) is 13.8. The van der Waals surface area contributed by atoms with Gasteiger partial charge in [0, 0.05) is 12.1 Å². The number of unbranched alkanes of at least 4 members (excludes halogenated alkanes) is 1. The molecule has 0 aliphatic carbocycles. The molecule has 0 saturated carbocycles. The fourth-order valence-corrected chi connectivity index (χ4v) is 2.71. The first-order chi connectivity index (χ1) is 9.13. The lowest BCUT2D eigenvalue weighted by atomic mass is 10.2. The van der Waals surface area contributed by atoms with Crippen LogP contribution in [0, 0.1) is 13.8 Å². The summed E-state index contributed by atoms with van der Waals surface area (Å²) < 4.78 is 1.87. The number of rotatable bonds is 5. The average Bonchev–Trinajstić information content (AvgIpc) is 2.95. The van der Waals surface area contributed by atoms with E-state index in [-0.39, 0.29) is 5.91 Å². The van der Waals surface area contributed by atoms with E-state index in [1.165, 1.54) is 11.3 Å². The fourth-order valence-electron chi connectivity index (χ4n) is 1.89. The number of amides is 1. The minimum atomic E-state index is -0.0474. The first-order valence-electron chi connectivity index (χ1n) is 6.51. The number of nitrogens with one attached hydrogen (secondary N) is 1. The van der Waals surface area contributed by atoms with Crippen LogP contribution in [0.15, 0.2) is 17.6 Å². The highest BCUT2D eigenvalue weighted by Gasteiger charge is 2.15. The van der Waals surface area contributed by atoms with Crippen molar-refractivity contribution in [3.05, 3.63) is 33.6 Å². The molecular weight excluding hydrogens is 258 g/mol. The molecule has 0 aliphatic heterocycles. The Morgan fingerprint density at radius 3 is 2.84 bits per heavy atom. The molecule has 0 bridgehead atoms. The number of aryl methyl sites for hydroxylation is 3. The second kappa shape index (κ2) is 6.02. The molecule has 2 aromatic heterocycles. The summed E-state index contributed by atoms with van der Waals surface area (Å²) in [6.45, 7) is 6.89. The van der Waals surface area contributed by atoms with Gasteiger partial charge >= 0.3 is 0 Å². The third-order valence-electron chi connectivity index (χ3n) is 3.05. The lowest BCUT2D eigenvalue weighted by molar-refractivity contribution is 0.102. The maximum atomic E-state index is 12.2. The lowest BCUT2D eigenvalue weighted by Gasteiger charge is -2.09. The van der Waals surface area contributed by atoms with Gasteiger partial charge in [-0.2, -0.15) is 5.10 Å². The molecule has 0 fully saturated rings. The Bertz CT molecular complexity index is 571. The van der Waals surface area contributed by atoms with Gasteiger partial charge in [-0.3, -0.25) is 4.79 Å². The van der Waals surface area contributed by atoms with Crippen molar-refractivity contribution < 1.29 is 4.79 Å². The van der Waals surface area contributed by atoms with Crippen LogP contribution in [0.5, 0.6) is 0 Å². The smallest absolute Gasteiger partial charge is 0.267 e. The van der Waals surface area contributed by atoms with Gasteiger partial charge in [0.15, 0.2) is 0 Å². The predicted octanol–water partition coefficient (Wildman–Crippen LogP) is 3.61. The molecule has 0 unspecified atom stereocenters. The molecule has 102 valence electrons. The molecule has 2 rings (SSSR count). The monoisotopic (exact) mass is 277 g/mol. The number of nitrogens with zero attached hydrogens (tertiary/aromatic N) is 2. The Labute approximate surface area is 117 Å². The average molecular weight is 277 g/mol. The Hall–Kier alpha value is -1.62. The van der Waals surface area contributed by atoms with Crippen molar-refractivity contribution in [2.45, 2.75) is 40.2 Å². The third-order valence-corrected chi connectivity index (χ3v) is 4.06. The zero-order valence-electron chi connectivity index (χ0n) is 11.6. The number of carbonyl (C=O) groups is 1. The van der Waals surface area contributed by atoms with Crippen LogP contribution in [0.1, 0.15) is 40.6 Å². The molecule has 1 amide bonds. The van der Waals surface area contributed by atoms with Crippen LogP contribution >= 0.6 is 11.3 Å². The number of carbonyl (C=O) groups excluding carboxylic acids is 1. The topological polar surface area (TPSA) is 46.9 Å². The van der Waals surface area contributed by atoms with Gasteiger partial charge in [-0.25, -0.2) is 4.68 Å². The van der Waals surface area contributed by atoms with Gasteiger partial charge in [0.25, 0.3) is 5.91 Å². The van der Waals surface area contributed by atoms with E-state index >= 15 is 0 Å². The summed E-state index contributed by atoms with van der Waals surface area (Å²) in [4.78, 5) is 13.0. The van der Waals surface area contributed by atoms with E-state index in [0.29, 0.717) is 0 Å². The Kier molecular flexibility index (Phi) is 4.37. The van der Waals surface area contributed by atoms with Crippen molar-refractivity contribution in [2.75, 3.05) is 5.32 Å². The summed E-state index contributed by atoms with van der Waals surface area (Å²) in [6, 6.07) is 1.96. The Morgan fingerprint density at radius 2 is 2.21 bits per heavy atom. The number of hydrogen-bond donors (Lipinski definition) is 1. The molecule has 5 heteroatoms. The minimum Gasteiger partial charge on any atom is -0.306 e. The molecule has 0 radical (unpaired) electrons. The van der Waals surface area contributed by atoms with Crippen molar-refractivity contribution in [1.82, 2.24) is 9.78 Å². The third kappa shape index (κ3) is 3.04. The molecule has 0 aromatic carbocycles. The van der Waals surface area contributed by atoms with Crippen LogP contribution < -0.4 is 5.32 Å². The molecule has 19 heavy (non-hydrogen) atoms. The number of hydrogen-bond acceptors (Lipinski definition) is 3. The Morgan fingerprint density at radius 1 is 1.42 bits per heavy atom. The quantitative estimate of drug-likeness (QED) is 0.907. The van der Waals surface area contributed by atoms with Crippen molar-refractivity contribution in [3.8, 4) is 0 Å². The summed E-state index contributed by atoms with van der Waals surface area (Å²) in [5, 5.41) is 9.23. The van der Waals surface area contributed by atoms with Gasteiger partial charge in [0.2, 0.25) is 0 Å². The van der Waals surface area contributed by atoms with E-state index in [1.54, 1.807) is 6.20 Å². The SMILES string of the molecule is CCCCn1ncc(C)c1NC(=O)c1sccc1C. The molecule has 0 aliphatic rings. The molecule has 0 saturated heterocycles. The van der Waals surface area contributed by atoms with E-state index in [4.69, 9.17) is 0 Å². The van der Waals surface area contributed by atoms with E-state index in [2.05, 4.69) is 17.3 Å². The highest BCUT2D eigenvalue weighted by molar-refractivity contribution is 7.12. The van der Waals surface area contributed by atoms with Crippen molar-refractivity contribution in [2.24, 2.45) is 0 Å². The van der Waals surface area contributed by atoms with Gasteiger partial charge in [0.1, 0.15) is 5.82 Å². The van der Waals surface area contributed by atoms with Gasteiger partial charge in [-0.15, -0.1) is 11.3 Å². The van der Waals surface area contributed by atoms with Crippen LogP contribution in [-0.4, -0.2) is 15.7 Å². The molecule has 2 heterocycles. The van der Waals surface area contributed by atoms with E-state index < -0.39 is 0 Å². The summed E-state index contributed by atoms with van der Waals surface area (Å²) in [7, 11) is 0. The van der Waals surface area contributed by atoms with Crippen LogP contribution in [0.25, 0.3) is 0 Å². The van der Waals surface area contributed by atoms with E-state index in [9.17, 15) is 4.79 Å². The first-order valence-corrected chi connectivity index (χ1v) is 7.39. The minimum absolute atomic E-state index is 0.0474. The highest BCUT2D eigenvalue weighted by atomic mass is 32.1. The molecule has 0 atom stereocenters. The summed E-state index contributed by atoms with van der Waals surface area (Å²) in [6.07, 6.45) is 3.96. The lowest BCUT2D eigenvalue weighted by Crippen LogP contribution is -2.16. The van der Waals surface area contributed by atoms with Gasteiger partial charge in [-0.05, 0) is 37.3 Å². The zero-order valence-corrected chi connectivity index (χ0v) is 12.4. The van der Waals surface area contributed by atoms with Gasteiger partial charge in [0.05, 0.1) is 11.1 Å². The molecule has 2 aromatic rings.